The number of nitrogens with two attached hydrogens (primary N) is 1. The van der Waals surface area contributed by atoms with Crippen LogP contribution in [0.5, 0.6) is 0 Å². The van der Waals surface area contributed by atoms with Crippen molar-refractivity contribution in [3.05, 3.63) is 36.0 Å². The third-order valence-corrected chi connectivity index (χ3v) is 4.89. The summed E-state index contributed by atoms with van der Waals surface area (Å²) in [4.78, 5) is 10.7. The number of sulfone groups is 1. The molecule has 7 heteroatoms. The molecule has 6 nitrogen and oxygen atoms in total. The van der Waals surface area contributed by atoms with Crippen LogP contribution in [0.4, 0.5) is 17.5 Å². The van der Waals surface area contributed by atoms with Gasteiger partial charge in [0, 0.05) is 24.7 Å². The van der Waals surface area contributed by atoms with Gasteiger partial charge in [-0.2, -0.15) is 4.98 Å². The number of hydrogen-bond donors (Lipinski definition) is 1. The highest BCUT2D eigenvalue weighted by Crippen LogP contribution is 2.31. The Hall–Kier alpha value is -2.15. The van der Waals surface area contributed by atoms with Crippen molar-refractivity contribution < 1.29 is 8.42 Å². The fraction of sp³-hybridized carbons (Fsp3) is 0.444. The molecule has 0 saturated carbocycles. The van der Waals surface area contributed by atoms with Crippen LogP contribution in [-0.2, 0) is 16.3 Å². The van der Waals surface area contributed by atoms with Crippen molar-refractivity contribution in [2.45, 2.75) is 38.5 Å². The molecule has 1 aromatic carbocycles. The van der Waals surface area contributed by atoms with Crippen molar-refractivity contribution in [1.29, 1.82) is 0 Å². The number of benzene rings is 1. The molecule has 0 radical (unpaired) electrons. The highest BCUT2D eigenvalue weighted by molar-refractivity contribution is 7.90. The van der Waals surface area contributed by atoms with Crippen LogP contribution in [0.2, 0.25) is 0 Å². The van der Waals surface area contributed by atoms with Gasteiger partial charge in [0.1, 0.15) is 5.82 Å². The van der Waals surface area contributed by atoms with E-state index in [9.17, 15) is 8.42 Å². The largest absolute Gasteiger partial charge is 0.368 e. The third kappa shape index (κ3) is 4.92. The van der Waals surface area contributed by atoms with E-state index in [2.05, 4.69) is 35.6 Å². The Morgan fingerprint density at radius 1 is 1.24 bits per heavy atom. The lowest BCUT2D eigenvalue weighted by atomic mass is 10.0. The smallest absolute Gasteiger partial charge is 0.221 e. The number of aromatic nitrogens is 2. The topological polar surface area (TPSA) is 89.2 Å². The molecule has 2 rings (SSSR count). The molecular weight excluding hydrogens is 336 g/mol. The Kier molecular flexibility index (Phi) is 6.00. The first kappa shape index (κ1) is 19.2. The van der Waals surface area contributed by atoms with Crippen LogP contribution in [0, 0.1) is 5.92 Å². The summed E-state index contributed by atoms with van der Waals surface area (Å²) in [6.07, 6.45) is 4.56. The van der Waals surface area contributed by atoms with E-state index >= 15 is 0 Å². The van der Waals surface area contributed by atoms with Gasteiger partial charge in [0.05, 0.1) is 4.90 Å². The van der Waals surface area contributed by atoms with Gasteiger partial charge >= 0.3 is 0 Å². The summed E-state index contributed by atoms with van der Waals surface area (Å²) in [6.45, 7) is 7.07. The Balaban J connectivity index is 2.59. The zero-order chi connectivity index (χ0) is 18.6. The van der Waals surface area contributed by atoms with Crippen LogP contribution in [0.3, 0.4) is 0 Å². The van der Waals surface area contributed by atoms with Gasteiger partial charge in [0.25, 0.3) is 0 Å². The van der Waals surface area contributed by atoms with Crippen LogP contribution in [0.1, 0.15) is 32.8 Å². The summed E-state index contributed by atoms with van der Waals surface area (Å²) >= 11 is 0. The predicted molar refractivity (Wildman–Crippen MR) is 102 cm³/mol. The van der Waals surface area contributed by atoms with Crippen LogP contribution in [-0.4, -0.2) is 31.2 Å². The average molecular weight is 362 g/mol. The monoisotopic (exact) mass is 362 g/mol. The quantitative estimate of drug-likeness (QED) is 0.813. The zero-order valence-corrected chi connectivity index (χ0v) is 16.0. The molecule has 0 spiro atoms. The molecule has 0 fully saturated rings. The van der Waals surface area contributed by atoms with Gasteiger partial charge in [-0.1, -0.05) is 20.8 Å². The van der Waals surface area contributed by atoms with E-state index in [0.29, 0.717) is 16.6 Å². The van der Waals surface area contributed by atoms with Crippen molar-refractivity contribution in [2.75, 3.05) is 23.4 Å². The molecular formula is C18H26N4O2S. The van der Waals surface area contributed by atoms with E-state index in [1.807, 2.05) is 12.1 Å². The highest BCUT2D eigenvalue weighted by atomic mass is 32.2. The van der Waals surface area contributed by atoms with E-state index in [1.54, 1.807) is 18.3 Å². The second kappa shape index (κ2) is 7.82. The molecule has 0 bridgehead atoms. The summed E-state index contributed by atoms with van der Waals surface area (Å²) in [6, 6.07) is 7.11. The predicted octanol–water partition coefficient (Wildman–Crippen LogP) is 3.21. The number of rotatable bonds is 7. The first-order valence-electron chi connectivity index (χ1n) is 8.41. The zero-order valence-electron chi connectivity index (χ0n) is 15.2. The van der Waals surface area contributed by atoms with E-state index in [1.165, 1.54) is 6.26 Å². The van der Waals surface area contributed by atoms with Gasteiger partial charge < -0.3 is 10.6 Å². The lowest BCUT2D eigenvalue weighted by Gasteiger charge is -2.27. The molecule has 0 amide bonds. The molecule has 1 aromatic heterocycles. The number of anilines is 3. The van der Waals surface area contributed by atoms with Gasteiger partial charge in [0.2, 0.25) is 5.95 Å². The fourth-order valence-electron chi connectivity index (χ4n) is 2.76. The van der Waals surface area contributed by atoms with Crippen molar-refractivity contribution in [3.63, 3.8) is 0 Å². The third-order valence-electron chi connectivity index (χ3n) is 3.78. The maximum Gasteiger partial charge on any atom is 0.221 e. The molecule has 0 aliphatic rings. The molecule has 0 aliphatic carbocycles. The molecule has 2 aromatic rings. The summed E-state index contributed by atoms with van der Waals surface area (Å²) in [5, 5.41) is 0. The van der Waals surface area contributed by atoms with Crippen molar-refractivity contribution in [2.24, 2.45) is 5.92 Å². The van der Waals surface area contributed by atoms with E-state index < -0.39 is 9.84 Å². The molecule has 0 atom stereocenters. The SMILES string of the molecule is CCCN(c1ccnc(N)n1)c1ccc(S(C)(=O)=O)cc1CC(C)C. The Morgan fingerprint density at radius 3 is 2.52 bits per heavy atom. The summed E-state index contributed by atoms with van der Waals surface area (Å²) < 4.78 is 23.9. The van der Waals surface area contributed by atoms with Gasteiger partial charge in [-0.05, 0) is 48.6 Å². The van der Waals surface area contributed by atoms with Gasteiger partial charge in [-0.15, -0.1) is 0 Å². The second-order valence-electron chi connectivity index (χ2n) is 6.59. The fourth-order valence-corrected chi connectivity index (χ4v) is 3.43. The average Bonchev–Trinajstić information content (AvgIpc) is 2.51. The standard InChI is InChI=1S/C18H26N4O2S/c1-5-10-22(17-8-9-20-18(19)21-17)16-7-6-15(25(4,23)24)12-14(16)11-13(2)3/h6-9,12-13H,5,10-11H2,1-4H3,(H2,19,20,21). The maximum atomic E-state index is 11.9. The minimum absolute atomic E-state index is 0.219. The number of hydrogen-bond acceptors (Lipinski definition) is 6. The van der Waals surface area contributed by atoms with Gasteiger partial charge in [-0.3, -0.25) is 0 Å². The molecule has 25 heavy (non-hydrogen) atoms. The van der Waals surface area contributed by atoms with E-state index in [4.69, 9.17) is 5.73 Å². The molecule has 0 saturated heterocycles. The highest BCUT2D eigenvalue weighted by Gasteiger charge is 2.18. The van der Waals surface area contributed by atoms with Crippen LogP contribution < -0.4 is 10.6 Å². The normalized spacial score (nSPS) is 11.7. The molecule has 0 unspecified atom stereocenters. The maximum absolute atomic E-state index is 11.9. The Labute approximate surface area is 150 Å². The minimum atomic E-state index is -3.25. The second-order valence-corrected chi connectivity index (χ2v) is 8.60. The van der Waals surface area contributed by atoms with Crippen LogP contribution >= 0.6 is 0 Å². The first-order valence-corrected chi connectivity index (χ1v) is 10.3. The molecule has 0 aliphatic heterocycles. The van der Waals surface area contributed by atoms with E-state index in [0.717, 1.165) is 30.6 Å². The lowest BCUT2D eigenvalue weighted by Crippen LogP contribution is -2.21. The number of nitrogen functional groups attached to an aromatic ring is 1. The van der Waals surface area contributed by atoms with Crippen molar-refractivity contribution in [1.82, 2.24) is 9.97 Å². The summed E-state index contributed by atoms with van der Waals surface area (Å²) in [5.41, 5.74) is 7.69. The Morgan fingerprint density at radius 2 is 1.96 bits per heavy atom. The molecule has 2 N–H and O–H groups in total. The first-order chi connectivity index (χ1) is 11.7. The van der Waals surface area contributed by atoms with Gasteiger partial charge in [0.15, 0.2) is 9.84 Å². The summed E-state index contributed by atoms with van der Waals surface area (Å²) in [5.74, 6) is 1.33. The summed E-state index contributed by atoms with van der Waals surface area (Å²) in [7, 11) is -3.25. The van der Waals surface area contributed by atoms with E-state index in [-0.39, 0.29) is 5.95 Å². The molecule has 136 valence electrons. The van der Waals surface area contributed by atoms with Crippen LogP contribution in [0.15, 0.2) is 35.4 Å². The minimum Gasteiger partial charge on any atom is -0.368 e. The van der Waals surface area contributed by atoms with Crippen molar-refractivity contribution in [3.8, 4) is 0 Å². The van der Waals surface area contributed by atoms with Crippen molar-refractivity contribution >= 4 is 27.3 Å². The number of nitrogens with zero attached hydrogens (tertiary/aromatic N) is 3. The van der Waals surface area contributed by atoms with Gasteiger partial charge in [-0.25, -0.2) is 13.4 Å². The molecule has 1 heterocycles. The van der Waals surface area contributed by atoms with Crippen LogP contribution in [0.25, 0.3) is 0 Å². The Bertz CT molecular complexity index is 835. The lowest BCUT2D eigenvalue weighted by molar-refractivity contribution is 0.601.